The first-order chi connectivity index (χ1) is 22.4. The van der Waals surface area contributed by atoms with E-state index < -0.39 is 12.0 Å². The third-order valence-electron chi connectivity index (χ3n) is 7.75. The van der Waals surface area contributed by atoms with Gasteiger partial charge in [-0.15, -0.1) is 0 Å². The number of fused-ring (bicyclic) bond motifs is 2. The average molecular weight is 635 g/mol. The summed E-state index contributed by atoms with van der Waals surface area (Å²) in [6.07, 6.45) is 1.83. The monoisotopic (exact) mass is 634 g/mol. The number of rotatable bonds is 10. The molecule has 234 valence electrons. The first-order valence-corrected chi connectivity index (χ1v) is 15.9. The van der Waals surface area contributed by atoms with Crippen LogP contribution < -0.4 is 29.1 Å². The molecule has 1 aromatic heterocycles. The van der Waals surface area contributed by atoms with Crippen LogP contribution in [0.3, 0.4) is 0 Å². The van der Waals surface area contributed by atoms with Crippen LogP contribution in [0.5, 0.6) is 17.2 Å². The van der Waals surface area contributed by atoms with Crippen LogP contribution in [0.1, 0.15) is 43.5 Å². The van der Waals surface area contributed by atoms with Crippen LogP contribution in [0.2, 0.25) is 0 Å². The van der Waals surface area contributed by atoms with Gasteiger partial charge in [-0.3, -0.25) is 9.36 Å². The lowest BCUT2D eigenvalue weighted by Crippen LogP contribution is -2.40. The Balaban J connectivity index is 1.39. The highest BCUT2D eigenvalue weighted by Gasteiger charge is 2.34. The zero-order chi connectivity index (χ0) is 32.2. The van der Waals surface area contributed by atoms with Crippen LogP contribution in [-0.2, 0) is 16.1 Å². The maximum Gasteiger partial charge on any atom is 0.338 e. The molecule has 1 aliphatic rings. The fourth-order valence-electron chi connectivity index (χ4n) is 5.66. The van der Waals surface area contributed by atoms with Crippen molar-refractivity contribution in [1.82, 2.24) is 4.57 Å². The molecule has 0 radical (unpaired) electrons. The van der Waals surface area contributed by atoms with E-state index in [4.69, 9.17) is 18.9 Å². The van der Waals surface area contributed by atoms with Gasteiger partial charge in [-0.2, -0.15) is 0 Å². The first-order valence-electron chi connectivity index (χ1n) is 15.1. The van der Waals surface area contributed by atoms with E-state index in [-0.39, 0.29) is 12.2 Å². The largest absolute Gasteiger partial charge is 0.493 e. The molecule has 1 aliphatic heterocycles. The van der Waals surface area contributed by atoms with Crippen molar-refractivity contribution in [2.45, 2.75) is 33.4 Å². The van der Waals surface area contributed by atoms with E-state index in [0.29, 0.717) is 56.6 Å². The molecule has 4 aromatic carbocycles. The molecule has 0 bridgehead atoms. The van der Waals surface area contributed by atoms with Crippen molar-refractivity contribution in [3.8, 4) is 17.2 Å². The minimum Gasteiger partial charge on any atom is -0.493 e. The van der Waals surface area contributed by atoms with Crippen molar-refractivity contribution in [3.63, 3.8) is 0 Å². The van der Waals surface area contributed by atoms with Gasteiger partial charge in [0.25, 0.3) is 5.56 Å². The average Bonchev–Trinajstić information content (AvgIpc) is 3.37. The summed E-state index contributed by atoms with van der Waals surface area (Å²) in [4.78, 5) is 32.6. The molecule has 0 spiro atoms. The zero-order valence-corrected chi connectivity index (χ0v) is 26.9. The Morgan fingerprint density at radius 2 is 1.74 bits per heavy atom. The predicted molar refractivity (Wildman–Crippen MR) is 179 cm³/mol. The fourth-order valence-corrected chi connectivity index (χ4v) is 6.71. The van der Waals surface area contributed by atoms with E-state index in [9.17, 15) is 9.59 Å². The summed E-state index contributed by atoms with van der Waals surface area (Å²) >= 11 is 1.27. The van der Waals surface area contributed by atoms with E-state index in [1.54, 1.807) is 37.7 Å². The second kappa shape index (κ2) is 13.5. The van der Waals surface area contributed by atoms with Gasteiger partial charge in [0.2, 0.25) is 0 Å². The molecule has 8 nitrogen and oxygen atoms in total. The molecule has 0 N–H and O–H groups in total. The highest BCUT2D eigenvalue weighted by Crippen LogP contribution is 2.36. The Hall–Kier alpha value is -5.15. The maximum absolute atomic E-state index is 14.1. The summed E-state index contributed by atoms with van der Waals surface area (Å²) in [5.41, 5.74) is 3.11. The van der Waals surface area contributed by atoms with E-state index in [2.05, 4.69) is 29.3 Å². The van der Waals surface area contributed by atoms with Crippen molar-refractivity contribution < 1.29 is 23.7 Å². The van der Waals surface area contributed by atoms with E-state index in [1.165, 1.54) is 11.3 Å². The van der Waals surface area contributed by atoms with Crippen molar-refractivity contribution in [2.24, 2.45) is 4.99 Å². The number of hydrogen-bond acceptors (Lipinski definition) is 8. The minimum absolute atomic E-state index is 0.193. The number of carbonyl (C=O) groups is 1. The molecule has 46 heavy (non-hydrogen) atoms. The molecule has 0 saturated carbocycles. The number of allylic oxidation sites excluding steroid dienone is 1. The van der Waals surface area contributed by atoms with Crippen molar-refractivity contribution >= 4 is 34.2 Å². The molecule has 0 saturated heterocycles. The Kier molecular flexibility index (Phi) is 9.03. The van der Waals surface area contributed by atoms with Crippen molar-refractivity contribution in [1.29, 1.82) is 0 Å². The zero-order valence-electron chi connectivity index (χ0n) is 26.1. The summed E-state index contributed by atoms with van der Waals surface area (Å²) in [6.45, 7) is 6.42. The van der Waals surface area contributed by atoms with E-state index in [1.807, 2.05) is 61.5 Å². The van der Waals surface area contributed by atoms with Crippen LogP contribution >= 0.6 is 11.3 Å². The van der Waals surface area contributed by atoms with Gasteiger partial charge in [0.05, 0.1) is 42.2 Å². The second-order valence-electron chi connectivity index (χ2n) is 10.6. The highest BCUT2D eigenvalue weighted by atomic mass is 32.1. The Morgan fingerprint density at radius 1 is 0.935 bits per heavy atom. The van der Waals surface area contributed by atoms with Gasteiger partial charge < -0.3 is 18.9 Å². The van der Waals surface area contributed by atoms with Gasteiger partial charge in [-0.25, -0.2) is 9.79 Å². The number of ether oxygens (including phenoxy) is 4. The molecule has 0 aliphatic carbocycles. The van der Waals surface area contributed by atoms with Gasteiger partial charge in [0.15, 0.2) is 16.3 Å². The molecule has 2 heterocycles. The molecule has 9 heteroatoms. The number of thiazole rings is 1. The quantitative estimate of drug-likeness (QED) is 0.177. The summed E-state index contributed by atoms with van der Waals surface area (Å²) in [5.74, 6) is 1.24. The Bertz CT molecular complexity index is 2140. The van der Waals surface area contributed by atoms with Crippen LogP contribution in [0.15, 0.2) is 106 Å². The topological polar surface area (TPSA) is 88.4 Å². The minimum atomic E-state index is -0.766. The van der Waals surface area contributed by atoms with Crippen LogP contribution in [0.4, 0.5) is 0 Å². The van der Waals surface area contributed by atoms with E-state index >= 15 is 0 Å². The van der Waals surface area contributed by atoms with Gasteiger partial charge in [-0.1, -0.05) is 72.0 Å². The maximum atomic E-state index is 14.1. The lowest BCUT2D eigenvalue weighted by molar-refractivity contribution is -0.139. The number of esters is 1. The van der Waals surface area contributed by atoms with Gasteiger partial charge in [0, 0.05) is 0 Å². The van der Waals surface area contributed by atoms with Crippen molar-refractivity contribution in [3.05, 3.63) is 133 Å². The van der Waals surface area contributed by atoms with Crippen LogP contribution in [-0.4, -0.2) is 30.9 Å². The molecule has 0 fully saturated rings. The number of hydrogen-bond donors (Lipinski definition) is 0. The molecule has 0 unspecified atom stereocenters. The highest BCUT2D eigenvalue weighted by molar-refractivity contribution is 7.07. The lowest BCUT2D eigenvalue weighted by atomic mass is 9.95. The van der Waals surface area contributed by atoms with E-state index in [0.717, 1.165) is 21.9 Å². The van der Waals surface area contributed by atoms with Crippen LogP contribution in [0, 0.1) is 0 Å². The third-order valence-corrected chi connectivity index (χ3v) is 8.73. The van der Waals surface area contributed by atoms with Crippen LogP contribution in [0.25, 0.3) is 16.8 Å². The number of methoxy groups -OCH3 is 1. The first kappa shape index (κ1) is 30.9. The van der Waals surface area contributed by atoms with Gasteiger partial charge in [0.1, 0.15) is 12.4 Å². The Labute approximate surface area is 270 Å². The molecule has 6 rings (SSSR count). The summed E-state index contributed by atoms with van der Waals surface area (Å²) in [6, 6.07) is 26.7. The number of aromatic nitrogens is 1. The predicted octanol–water partition coefficient (Wildman–Crippen LogP) is 5.94. The lowest BCUT2D eigenvalue weighted by Gasteiger charge is -2.25. The number of carbonyl (C=O) groups excluding carboxylic acids is 1. The SMILES string of the molecule is CCOC(=O)C1=C(C)N=c2s/c(=C\c3cccc(OCc4cccc5ccccc45)c3)c(=O)n2[C@H]1c1ccc(OC)c(OCC)c1. The smallest absolute Gasteiger partial charge is 0.338 e. The molecule has 1 atom stereocenters. The molecular formula is C37H34N2O6S. The standard InChI is InChI=1S/C37H34N2O6S/c1-5-43-31-21-26(17-18-30(31)42-4)34-33(36(41)44-6-2)23(3)38-37-39(34)35(40)32(46-37)20-24-11-9-15-28(19-24)45-22-27-14-10-13-25-12-7-8-16-29(25)27/h7-21,34H,5-6,22H2,1-4H3/b32-20-/t34-/m0/s1. The summed E-state index contributed by atoms with van der Waals surface area (Å²) < 4.78 is 25.0. The second-order valence-corrected chi connectivity index (χ2v) is 11.7. The fraction of sp³-hybridized carbons (Fsp3) is 0.216. The summed E-state index contributed by atoms with van der Waals surface area (Å²) in [5, 5.41) is 2.32. The van der Waals surface area contributed by atoms with Crippen molar-refractivity contribution in [2.75, 3.05) is 20.3 Å². The Morgan fingerprint density at radius 3 is 2.54 bits per heavy atom. The molecule has 0 amide bonds. The number of benzene rings is 4. The number of nitrogens with zero attached hydrogens (tertiary/aromatic N) is 2. The molecule has 5 aromatic rings. The molecular weight excluding hydrogens is 600 g/mol. The third kappa shape index (κ3) is 6.06. The normalized spacial score (nSPS) is 14.5. The van der Waals surface area contributed by atoms with Gasteiger partial charge in [-0.05, 0) is 78.6 Å². The summed E-state index contributed by atoms with van der Waals surface area (Å²) in [7, 11) is 1.57. The van der Waals surface area contributed by atoms with Gasteiger partial charge >= 0.3 is 5.97 Å².